The fourth-order valence-corrected chi connectivity index (χ4v) is 6.45. The molecule has 2 aromatic rings. The molecule has 0 aromatic carbocycles. The van der Waals surface area contributed by atoms with E-state index in [1.165, 1.54) is 15.6 Å². The molecular formula is C16H18BrN3O3S2. The summed E-state index contributed by atoms with van der Waals surface area (Å²) in [7, 11) is -3.55. The van der Waals surface area contributed by atoms with Crippen LogP contribution in [0.25, 0.3) is 0 Å². The van der Waals surface area contributed by atoms with E-state index in [4.69, 9.17) is 0 Å². The van der Waals surface area contributed by atoms with Gasteiger partial charge in [0.15, 0.2) is 0 Å². The van der Waals surface area contributed by atoms with Crippen LogP contribution in [0.15, 0.2) is 44.5 Å². The highest BCUT2D eigenvalue weighted by Gasteiger charge is 2.33. The predicted octanol–water partition coefficient (Wildman–Crippen LogP) is 2.62. The van der Waals surface area contributed by atoms with Gasteiger partial charge in [-0.05, 0) is 53.0 Å². The zero-order valence-corrected chi connectivity index (χ0v) is 16.6. The summed E-state index contributed by atoms with van der Waals surface area (Å²) in [6.07, 6.45) is 3.04. The molecule has 0 bridgehead atoms. The van der Waals surface area contributed by atoms with Crippen LogP contribution < -0.4 is 5.32 Å². The van der Waals surface area contributed by atoms with E-state index in [0.717, 1.165) is 9.48 Å². The first kappa shape index (κ1) is 18.5. The van der Waals surface area contributed by atoms with Gasteiger partial charge in [0.1, 0.15) is 4.21 Å². The molecule has 1 fully saturated rings. The van der Waals surface area contributed by atoms with Crippen LogP contribution in [0.2, 0.25) is 0 Å². The SMILES string of the molecule is O=C(NCc1ccccn1)[C@H]1CCCN(S(=O)(=O)c2ccc(Br)s2)C1. The number of nitrogens with one attached hydrogen (secondary N) is 1. The quantitative estimate of drug-likeness (QED) is 0.769. The van der Waals surface area contributed by atoms with E-state index in [1.54, 1.807) is 18.3 Å². The van der Waals surface area contributed by atoms with Gasteiger partial charge >= 0.3 is 0 Å². The number of amides is 1. The van der Waals surface area contributed by atoms with E-state index in [1.807, 2.05) is 18.2 Å². The van der Waals surface area contributed by atoms with E-state index in [2.05, 4.69) is 26.2 Å². The second kappa shape index (κ2) is 7.94. The van der Waals surface area contributed by atoms with Crippen molar-refractivity contribution in [2.75, 3.05) is 13.1 Å². The summed E-state index contributed by atoms with van der Waals surface area (Å²) in [6, 6.07) is 8.83. The van der Waals surface area contributed by atoms with Gasteiger partial charge < -0.3 is 5.32 Å². The van der Waals surface area contributed by atoms with Gasteiger partial charge in [0.2, 0.25) is 5.91 Å². The number of sulfonamides is 1. The van der Waals surface area contributed by atoms with Crippen molar-refractivity contribution in [1.82, 2.24) is 14.6 Å². The Morgan fingerprint density at radius 1 is 1.36 bits per heavy atom. The van der Waals surface area contributed by atoms with Gasteiger partial charge in [-0.2, -0.15) is 4.31 Å². The number of rotatable bonds is 5. The van der Waals surface area contributed by atoms with Crippen LogP contribution in [0.5, 0.6) is 0 Å². The first-order chi connectivity index (χ1) is 12.0. The van der Waals surface area contributed by atoms with Crippen molar-refractivity contribution in [3.8, 4) is 0 Å². The van der Waals surface area contributed by atoms with Gasteiger partial charge in [-0.1, -0.05) is 6.07 Å². The molecule has 2 aromatic heterocycles. The summed E-state index contributed by atoms with van der Waals surface area (Å²) in [4.78, 5) is 16.6. The van der Waals surface area contributed by atoms with Crippen LogP contribution in [0.1, 0.15) is 18.5 Å². The second-order valence-corrected chi connectivity index (χ2v) is 10.4. The highest BCUT2D eigenvalue weighted by Crippen LogP contribution is 2.30. The monoisotopic (exact) mass is 443 g/mol. The van der Waals surface area contributed by atoms with Gasteiger partial charge in [-0.3, -0.25) is 9.78 Å². The Labute approximate surface area is 159 Å². The van der Waals surface area contributed by atoms with Crippen molar-refractivity contribution in [2.24, 2.45) is 5.92 Å². The van der Waals surface area contributed by atoms with Crippen molar-refractivity contribution in [2.45, 2.75) is 23.6 Å². The van der Waals surface area contributed by atoms with Crippen LogP contribution >= 0.6 is 27.3 Å². The zero-order chi connectivity index (χ0) is 17.9. The molecule has 1 aliphatic heterocycles. The largest absolute Gasteiger partial charge is 0.350 e. The van der Waals surface area contributed by atoms with E-state index < -0.39 is 10.0 Å². The van der Waals surface area contributed by atoms with Gasteiger partial charge in [0.05, 0.1) is 21.9 Å². The minimum Gasteiger partial charge on any atom is -0.350 e. The van der Waals surface area contributed by atoms with Crippen LogP contribution in [0.4, 0.5) is 0 Å². The van der Waals surface area contributed by atoms with E-state index in [0.29, 0.717) is 30.1 Å². The van der Waals surface area contributed by atoms with Crippen LogP contribution in [0.3, 0.4) is 0 Å². The third-order valence-corrected chi connectivity index (χ3v) is 8.02. The lowest BCUT2D eigenvalue weighted by Crippen LogP contribution is -2.45. The maximum atomic E-state index is 12.7. The van der Waals surface area contributed by atoms with Crippen molar-refractivity contribution in [1.29, 1.82) is 0 Å². The minimum atomic E-state index is -3.55. The third kappa shape index (κ3) is 4.46. The zero-order valence-electron chi connectivity index (χ0n) is 13.4. The molecule has 9 heteroatoms. The average Bonchev–Trinajstić information content (AvgIpc) is 3.08. The fourth-order valence-electron chi connectivity index (χ4n) is 2.76. The fraction of sp³-hybridized carbons (Fsp3) is 0.375. The molecule has 6 nitrogen and oxygen atoms in total. The topological polar surface area (TPSA) is 79.4 Å². The molecule has 3 heterocycles. The van der Waals surface area contributed by atoms with Crippen molar-refractivity contribution in [3.05, 3.63) is 46.0 Å². The Bertz CT molecular complexity index is 839. The molecule has 0 saturated carbocycles. The summed E-state index contributed by atoms with van der Waals surface area (Å²) >= 11 is 4.48. The Morgan fingerprint density at radius 2 is 2.20 bits per heavy atom. The first-order valence-corrected chi connectivity index (χ1v) is 10.9. The summed E-state index contributed by atoms with van der Waals surface area (Å²) in [5.74, 6) is -0.464. The molecule has 0 radical (unpaired) electrons. The molecule has 1 N–H and O–H groups in total. The smallest absolute Gasteiger partial charge is 0.252 e. The van der Waals surface area contributed by atoms with E-state index in [-0.39, 0.29) is 18.4 Å². The standard InChI is InChI=1S/C16H18BrN3O3S2/c17-14-6-7-15(24-14)25(22,23)20-9-3-4-12(11-20)16(21)19-10-13-5-1-2-8-18-13/h1-2,5-8,12H,3-4,9-11H2,(H,19,21)/t12-/m0/s1. The number of thiophene rings is 1. The minimum absolute atomic E-state index is 0.127. The van der Waals surface area contributed by atoms with Gasteiger partial charge in [0, 0.05) is 19.3 Å². The molecule has 1 atom stereocenters. The molecule has 1 amide bonds. The van der Waals surface area contributed by atoms with Crippen molar-refractivity contribution >= 4 is 43.2 Å². The Kier molecular flexibility index (Phi) is 5.88. The normalized spacial score (nSPS) is 18.8. The number of hydrogen-bond donors (Lipinski definition) is 1. The number of pyridine rings is 1. The summed E-state index contributed by atoms with van der Waals surface area (Å²) in [6.45, 7) is 1.01. The summed E-state index contributed by atoms with van der Waals surface area (Å²) in [5, 5.41) is 2.86. The van der Waals surface area contributed by atoms with Gasteiger partial charge in [-0.25, -0.2) is 8.42 Å². The number of hydrogen-bond acceptors (Lipinski definition) is 5. The third-order valence-electron chi connectivity index (χ3n) is 4.07. The van der Waals surface area contributed by atoms with Gasteiger partial charge in [-0.15, -0.1) is 11.3 Å². The lowest BCUT2D eigenvalue weighted by Gasteiger charge is -2.30. The van der Waals surface area contributed by atoms with Crippen LogP contribution in [0, 0.1) is 5.92 Å². The lowest BCUT2D eigenvalue weighted by molar-refractivity contribution is -0.126. The number of carbonyl (C=O) groups is 1. The molecule has 25 heavy (non-hydrogen) atoms. The maximum absolute atomic E-state index is 12.7. The molecule has 0 spiro atoms. The lowest BCUT2D eigenvalue weighted by atomic mass is 9.99. The van der Waals surface area contributed by atoms with Crippen LogP contribution in [-0.4, -0.2) is 36.7 Å². The average molecular weight is 444 g/mol. The summed E-state index contributed by atoms with van der Waals surface area (Å²) in [5.41, 5.74) is 0.777. The number of carbonyl (C=O) groups excluding carboxylic acids is 1. The number of halogens is 1. The van der Waals surface area contributed by atoms with E-state index in [9.17, 15) is 13.2 Å². The van der Waals surface area contributed by atoms with Crippen LogP contribution in [-0.2, 0) is 21.4 Å². The van der Waals surface area contributed by atoms with E-state index >= 15 is 0 Å². The second-order valence-electron chi connectivity index (χ2n) is 5.80. The first-order valence-electron chi connectivity index (χ1n) is 7.90. The highest BCUT2D eigenvalue weighted by atomic mass is 79.9. The molecule has 3 rings (SSSR count). The Balaban J connectivity index is 1.63. The van der Waals surface area contributed by atoms with Gasteiger partial charge in [0.25, 0.3) is 10.0 Å². The number of aromatic nitrogens is 1. The van der Waals surface area contributed by atoms with Crippen molar-refractivity contribution < 1.29 is 13.2 Å². The predicted molar refractivity (Wildman–Crippen MR) is 99.6 cm³/mol. The molecule has 1 aliphatic rings. The Hall–Kier alpha value is -1.29. The molecule has 1 saturated heterocycles. The molecule has 134 valence electrons. The number of piperidine rings is 1. The Morgan fingerprint density at radius 3 is 2.88 bits per heavy atom. The molecule has 0 unspecified atom stereocenters. The maximum Gasteiger partial charge on any atom is 0.252 e. The molecular weight excluding hydrogens is 426 g/mol. The number of nitrogens with zero attached hydrogens (tertiary/aromatic N) is 2. The highest BCUT2D eigenvalue weighted by molar-refractivity contribution is 9.11. The molecule has 0 aliphatic carbocycles. The van der Waals surface area contributed by atoms with Crippen molar-refractivity contribution in [3.63, 3.8) is 0 Å². The summed E-state index contributed by atoms with van der Waals surface area (Å²) < 4.78 is 27.9.